The Morgan fingerprint density at radius 1 is 1.09 bits per heavy atom. The molecule has 4 heterocycles. The molecular formula is C26H34ClN7O. The van der Waals surface area contributed by atoms with Crippen molar-refractivity contribution < 1.29 is 4.79 Å². The van der Waals surface area contributed by atoms with E-state index in [9.17, 15) is 4.79 Å². The minimum absolute atomic E-state index is 0.0480. The van der Waals surface area contributed by atoms with Crippen molar-refractivity contribution in [3.8, 4) is 5.69 Å². The molecule has 0 unspecified atom stereocenters. The van der Waals surface area contributed by atoms with Gasteiger partial charge in [0.15, 0.2) is 5.82 Å². The van der Waals surface area contributed by atoms with Gasteiger partial charge >= 0.3 is 0 Å². The third-order valence-electron chi connectivity index (χ3n) is 7.30. The van der Waals surface area contributed by atoms with E-state index in [1.54, 1.807) is 0 Å². The summed E-state index contributed by atoms with van der Waals surface area (Å²) in [6.45, 7) is 9.71. The Balaban J connectivity index is 1.31. The fourth-order valence-corrected chi connectivity index (χ4v) is 5.53. The van der Waals surface area contributed by atoms with Gasteiger partial charge in [0.1, 0.15) is 5.52 Å². The molecule has 8 nitrogen and oxygen atoms in total. The molecule has 0 saturated carbocycles. The Morgan fingerprint density at radius 3 is 2.63 bits per heavy atom. The molecule has 2 aliphatic rings. The summed E-state index contributed by atoms with van der Waals surface area (Å²) in [5, 5.41) is 18.8. The van der Waals surface area contributed by atoms with Crippen LogP contribution < -0.4 is 10.2 Å². The number of likely N-dealkylation sites (tertiary alicyclic amines) is 1. The topological polar surface area (TPSA) is 79.2 Å². The number of benzene rings is 1. The van der Waals surface area contributed by atoms with Gasteiger partial charge in [-0.15, -0.1) is 5.10 Å². The van der Waals surface area contributed by atoms with Gasteiger partial charge in [0, 0.05) is 24.7 Å². The highest BCUT2D eigenvalue weighted by Crippen LogP contribution is 2.31. The maximum absolute atomic E-state index is 12.9. The van der Waals surface area contributed by atoms with Gasteiger partial charge in [0.25, 0.3) is 0 Å². The number of carbonyl (C=O) groups is 1. The van der Waals surface area contributed by atoms with Gasteiger partial charge in [-0.05, 0) is 89.9 Å². The van der Waals surface area contributed by atoms with Crippen molar-refractivity contribution in [3.05, 3.63) is 40.7 Å². The zero-order chi connectivity index (χ0) is 24.4. The lowest BCUT2D eigenvalue weighted by Crippen LogP contribution is -2.44. The van der Waals surface area contributed by atoms with Crippen molar-refractivity contribution in [2.75, 3.05) is 44.2 Å². The summed E-state index contributed by atoms with van der Waals surface area (Å²) in [7, 11) is 0. The molecule has 0 aliphatic carbocycles. The van der Waals surface area contributed by atoms with E-state index in [0.29, 0.717) is 11.6 Å². The molecule has 2 aliphatic heterocycles. The molecule has 35 heavy (non-hydrogen) atoms. The number of fused-ring (bicyclic) bond motifs is 1. The highest BCUT2D eigenvalue weighted by Gasteiger charge is 2.29. The van der Waals surface area contributed by atoms with Crippen molar-refractivity contribution in [1.29, 1.82) is 0 Å². The van der Waals surface area contributed by atoms with Gasteiger partial charge in [0.05, 0.1) is 28.4 Å². The number of aryl methyl sites for hydroxylation is 2. The van der Waals surface area contributed by atoms with Crippen LogP contribution in [0, 0.1) is 19.8 Å². The Labute approximate surface area is 211 Å². The summed E-state index contributed by atoms with van der Waals surface area (Å²) in [6, 6.07) is 7.65. The SMILES string of the molecule is Cc1nnc(N2CCC[C@H](C(=O)NCCCN3CCCC3)C2)c2nn(-c3ccc(Cl)cc3)c(C)c12. The van der Waals surface area contributed by atoms with Crippen LogP contribution in [-0.4, -0.2) is 70.1 Å². The van der Waals surface area contributed by atoms with Gasteiger partial charge in [-0.3, -0.25) is 4.79 Å². The zero-order valence-electron chi connectivity index (χ0n) is 20.6. The third-order valence-corrected chi connectivity index (χ3v) is 7.55. The van der Waals surface area contributed by atoms with E-state index in [1.807, 2.05) is 35.9 Å². The third kappa shape index (κ3) is 5.14. The molecule has 2 fully saturated rings. The van der Waals surface area contributed by atoms with Crippen LogP contribution in [0.2, 0.25) is 5.02 Å². The summed E-state index contributed by atoms with van der Waals surface area (Å²) >= 11 is 6.09. The predicted octanol–water partition coefficient (Wildman–Crippen LogP) is 3.90. The van der Waals surface area contributed by atoms with Gasteiger partial charge in [-0.2, -0.15) is 10.2 Å². The number of hydrogen-bond donors (Lipinski definition) is 1. The van der Waals surface area contributed by atoms with E-state index in [-0.39, 0.29) is 11.8 Å². The quantitative estimate of drug-likeness (QED) is 0.501. The molecule has 1 N–H and O–H groups in total. The number of aromatic nitrogens is 4. The minimum atomic E-state index is -0.0480. The predicted molar refractivity (Wildman–Crippen MR) is 139 cm³/mol. The first-order chi connectivity index (χ1) is 17.0. The Kier molecular flexibility index (Phi) is 7.20. The second kappa shape index (κ2) is 10.5. The molecule has 1 amide bonds. The second-order valence-electron chi connectivity index (χ2n) is 9.78. The van der Waals surface area contributed by atoms with Crippen molar-refractivity contribution in [2.24, 2.45) is 5.92 Å². The monoisotopic (exact) mass is 495 g/mol. The van der Waals surface area contributed by atoms with E-state index in [0.717, 1.165) is 72.7 Å². The van der Waals surface area contributed by atoms with E-state index >= 15 is 0 Å². The highest BCUT2D eigenvalue weighted by atomic mass is 35.5. The van der Waals surface area contributed by atoms with Crippen LogP contribution in [-0.2, 0) is 4.79 Å². The van der Waals surface area contributed by atoms with Crippen LogP contribution in [0.15, 0.2) is 24.3 Å². The van der Waals surface area contributed by atoms with Crippen LogP contribution in [0.5, 0.6) is 0 Å². The fraction of sp³-hybridized carbons (Fsp3) is 0.538. The summed E-state index contributed by atoms with van der Waals surface area (Å²) in [5.41, 5.74) is 3.64. The van der Waals surface area contributed by atoms with E-state index in [1.165, 1.54) is 25.9 Å². The van der Waals surface area contributed by atoms with Gasteiger partial charge in [0.2, 0.25) is 5.91 Å². The lowest BCUT2D eigenvalue weighted by molar-refractivity contribution is -0.125. The number of piperidine rings is 1. The first kappa shape index (κ1) is 24.0. The van der Waals surface area contributed by atoms with Crippen LogP contribution in [0.3, 0.4) is 0 Å². The summed E-state index contributed by atoms with van der Waals surface area (Å²) in [4.78, 5) is 17.6. The van der Waals surface area contributed by atoms with Crippen LogP contribution in [0.1, 0.15) is 43.5 Å². The summed E-state index contributed by atoms with van der Waals surface area (Å²) in [6.07, 6.45) is 5.45. The Bertz CT molecular complexity index is 1190. The van der Waals surface area contributed by atoms with Gasteiger partial charge in [-0.25, -0.2) is 4.68 Å². The maximum Gasteiger partial charge on any atom is 0.224 e. The maximum atomic E-state index is 12.9. The number of amides is 1. The number of nitrogens with zero attached hydrogens (tertiary/aromatic N) is 6. The Morgan fingerprint density at radius 2 is 1.86 bits per heavy atom. The summed E-state index contributed by atoms with van der Waals surface area (Å²) in [5.74, 6) is 0.858. The summed E-state index contributed by atoms with van der Waals surface area (Å²) < 4.78 is 1.93. The van der Waals surface area contributed by atoms with Crippen molar-refractivity contribution >= 4 is 34.2 Å². The number of carbonyl (C=O) groups excluding carboxylic acids is 1. The van der Waals surface area contributed by atoms with E-state index in [2.05, 4.69) is 32.2 Å². The van der Waals surface area contributed by atoms with Crippen LogP contribution in [0.4, 0.5) is 5.82 Å². The molecule has 0 bridgehead atoms. The number of nitrogens with one attached hydrogen (secondary N) is 1. The lowest BCUT2D eigenvalue weighted by atomic mass is 9.97. The molecule has 0 radical (unpaired) electrons. The van der Waals surface area contributed by atoms with E-state index in [4.69, 9.17) is 16.7 Å². The fourth-order valence-electron chi connectivity index (χ4n) is 5.41. The normalized spacial score (nSPS) is 18.9. The molecular weight excluding hydrogens is 462 g/mol. The molecule has 9 heteroatoms. The molecule has 2 aromatic heterocycles. The number of rotatable bonds is 7. The second-order valence-corrected chi connectivity index (χ2v) is 10.2. The molecule has 186 valence electrons. The van der Waals surface area contributed by atoms with Gasteiger partial charge in [-0.1, -0.05) is 11.6 Å². The zero-order valence-corrected chi connectivity index (χ0v) is 21.4. The first-order valence-corrected chi connectivity index (χ1v) is 13.1. The first-order valence-electron chi connectivity index (χ1n) is 12.7. The van der Waals surface area contributed by atoms with E-state index < -0.39 is 0 Å². The number of hydrogen-bond acceptors (Lipinski definition) is 6. The Hall–Kier alpha value is -2.71. The largest absolute Gasteiger partial charge is 0.356 e. The van der Waals surface area contributed by atoms with Crippen LogP contribution in [0.25, 0.3) is 16.6 Å². The molecule has 0 spiro atoms. The lowest BCUT2D eigenvalue weighted by Gasteiger charge is -2.32. The van der Waals surface area contributed by atoms with Crippen molar-refractivity contribution in [1.82, 2.24) is 30.2 Å². The van der Waals surface area contributed by atoms with Crippen LogP contribution >= 0.6 is 11.6 Å². The molecule has 3 aromatic rings. The number of halogens is 1. The minimum Gasteiger partial charge on any atom is -0.356 e. The number of anilines is 1. The average molecular weight is 496 g/mol. The van der Waals surface area contributed by atoms with Gasteiger partial charge < -0.3 is 15.1 Å². The average Bonchev–Trinajstić information content (AvgIpc) is 3.51. The molecule has 1 atom stereocenters. The highest BCUT2D eigenvalue weighted by molar-refractivity contribution is 6.30. The smallest absolute Gasteiger partial charge is 0.224 e. The molecule has 5 rings (SSSR count). The van der Waals surface area contributed by atoms with Crippen molar-refractivity contribution in [3.63, 3.8) is 0 Å². The van der Waals surface area contributed by atoms with Crippen molar-refractivity contribution in [2.45, 2.75) is 46.0 Å². The standard InChI is InChI=1S/C26H34ClN7O/c1-18-23-19(2)34(22-10-8-21(27)9-11-22)31-24(23)25(30-29-18)33-16-5-7-20(17-33)26(35)28-12-6-15-32-13-3-4-14-32/h8-11,20H,3-7,12-17H2,1-2H3,(H,28,35)/t20-/m0/s1. The molecule has 1 aromatic carbocycles. The molecule has 2 saturated heterocycles.